The molecule has 1 heterocycles. The number of aromatic hydroxyl groups is 1. The average molecular weight is 310 g/mol. The molecule has 0 bridgehead atoms. The Kier molecular flexibility index (Phi) is 4.62. The van der Waals surface area contributed by atoms with Gasteiger partial charge in [-0.15, -0.1) is 11.3 Å². The number of thiazole rings is 1. The first-order valence-electron chi connectivity index (χ1n) is 6.21. The molecule has 1 aromatic heterocycles. The van der Waals surface area contributed by atoms with Crippen molar-refractivity contribution in [3.63, 3.8) is 0 Å². The van der Waals surface area contributed by atoms with E-state index < -0.39 is 0 Å². The monoisotopic (exact) mass is 309 g/mol. The summed E-state index contributed by atoms with van der Waals surface area (Å²) in [5, 5.41) is 17.0. The van der Waals surface area contributed by atoms with Crippen molar-refractivity contribution in [1.82, 2.24) is 4.98 Å². The molecule has 0 fully saturated rings. The van der Waals surface area contributed by atoms with Gasteiger partial charge in [0.15, 0.2) is 0 Å². The van der Waals surface area contributed by atoms with Crippen LogP contribution in [0.25, 0.3) is 0 Å². The van der Waals surface area contributed by atoms with E-state index in [1.807, 2.05) is 18.4 Å². The summed E-state index contributed by atoms with van der Waals surface area (Å²) in [7, 11) is 0. The van der Waals surface area contributed by atoms with Gasteiger partial charge in [0.05, 0.1) is 16.9 Å². The van der Waals surface area contributed by atoms with Gasteiger partial charge in [-0.3, -0.25) is 5.43 Å². The molecule has 0 saturated carbocycles. The Labute approximate surface area is 127 Å². The fraction of sp³-hybridized carbons (Fsp3) is 0.286. The van der Waals surface area contributed by atoms with Gasteiger partial charge in [0.2, 0.25) is 5.13 Å². The zero-order chi connectivity index (χ0) is 14.7. The molecule has 0 amide bonds. The molecule has 0 aliphatic heterocycles. The number of hydrogen-bond donors (Lipinski definition) is 2. The highest BCUT2D eigenvalue weighted by Crippen LogP contribution is 2.30. The number of hydrogen-bond acceptors (Lipinski definition) is 5. The summed E-state index contributed by atoms with van der Waals surface area (Å²) in [6.45, 7) is 6.06. The number of hydrazone groups is 1. The lowest BCUT2D eigenvalue weighted by Gasteiger charge is -2.09. The molecular formula is C14H16ClN3OS. The molecule has 0 radical (unpaired) electrons. The van der Waals surface area contributed by atoms with Crippen LogP contribution in [0, 0.1) is 6.92 Å². The molecular weight excluding hydrogens is 294 g/mol. The summed E-state index contributed by atoms with van der Waals surface area (Å²) in [5.74, 6) is 0.367. The first-order chi connectivity index (χ1) is 9.47. The summed E-state index contributed by atoms with van der Waals surface area (Å²) < 4.78 is 0. The Morgan fingerprint density at radius 3 is 2.80 bits per heavy atom. The minimum absolute atomic E-state index is 0.0388. The van der Waals surface area contributed by atoms with E-state index in [-0.39, 0.29) is 5.75 Å². The number of nitrogens with one attached hydrogen (secondary N) is 1. The van der Waals surface area contributed by atoms with Crippen LogP contribution in [0.3, 0.4) is 0 Å². The third-order valence-electron chi connectivity index (χ3n) is 2.76. The molecule has 0 atom stereocenters. The van der Waals surface area contributed by atoms with E-state index in [9.17, 15) is 5.11 Å². The van der Waals surface area contributed by atoms with Crippen LogP contribution in [-0.2, 0) is 0 Å². The molecule has 0 unspecified atom stereocenters. The smallest absolute Gasteiger partial charge is 0.203 e. The zero-order valence-electron chi connectivity index (χ0n) is 11.5. The van der Waals surface area contributed by atoms with Crippen LogP contribution in [0.4, 0.5) is 5.13 Å². The molecule has 0 saturated heterocycles. The Morgan fingerprint density at radius 2 is 2.20 bits per heavy atom. The molecule has 1 aromatic carbocycles. The number of phenolic OH excluding ortho intramolecular Hbond substituents is 1. The third-order valence-corrected chi connectivity index (χ3v) is 3.92. The standard InChI is InChI=1S/C14H16ClN3OS/c1-8(2)10-4-11(13(19)12(15)5-10)6-16-18-14-17-9(3)7-20-14/h4-8,19H,1-3H3,(H,17,18). The van der Waals surface area contributed by atoms with Crippen molar-refractivity contribution >= 4 is 34.3 Å². The van der Waals surface area contributed by atoms with Crippen LogP contribution < -0.4 is 5.43 Å². The molecule has 0 spiro atoms. The SMILES string of the molecule is Cc1csc(NN=Cc2cc(C(C)C)cc(Cl)c2O)n1. The predicted molar refractivity (Wildman–Crippen MR) is 85.3 cm³/mol. The van der Waals surface area contributed by atoms with Crippen molar-refractivity contribution in [1.29, 1.82) is 0 Å². The number of phenols is 1. The largest absolute Gasteiger partial charge is 0.506 e. The van der Waals surface area contributed by atoms with E-state index in [4.69, 9.17) is 11.6 Å². The van der Waals surface area contributed by atoms with Crippen LogP contribution in [0.2, 0.25) is 5.02 Å². The van der Waals surface area contributed by atoms with Crippen LogP contribution in [-0.4, -0.2) is 16.3 Å². The maximum absolute atomic E-state index is 9.94. The van der Waals surface area contributed by atoms with Crippen molar-refractivity contribution in [3.05, 3.63) is 39.4 Å². The number of nitrogens with zero attached hydrogens (tertiary/aromatic N) is 2. The quantitative estimate of drug-likeness (QED) is 0.651. The van der Waals surface area contributed by atoms with Gasteiger partial charge >= 0.3 is 0 Å². The molecule has 106 valence electrons. The van der Waals surface area contributed by atoms with Crippen molar-refractivity contribution in [2.24, 2.45) is 5.10 Å². The average Bonchev–Trinajstić information content (AvgIpc) is 2.80. The number of aromatic nitrogens is 1. The van der Waals surface area contributed by atoms with E-state index in [1.165, 1.54) is 11.3 Å². The topological polar surface area (TPSA) is 57.5 Å². The molecule has 20 heavy (non-hydrogen) atoms. The molecule has 4 nitrogen and oxygen atoms in total. The number of halogens is 1. The summed E-state index contributed by atoms with van der Waals surface area (Å²) >= 11 is 7.50. The van der Waals surface area contributed by atoms with Crippen molar-refractivity contribution in [3.8, 4) is 5.75 Å². The Morgan fingerprint density at radius 1 is 1.45 bits per heavy atom. The van der Waals surface area contributed by atoms with Crippen LogP contribution >= 0.6 is 22.9 Å². The van der Waals surface area contributed by atoms with Gasteiger partial charge in [0.1, 0.15) is 5.75 Å². The van der Waals surface area contributed by atoms with Gasteiger partial charge in [-0.25, -0.2) is 4.98 Å². The normalized spacial score (nSPS) is 11.4. The lowest BCUT2D eigenvalue weighted by molar-refractivity contribution is 0.474. The summed E-state index contributed by atoms with van der Waals surface area (Å²) in [5.41, 5.74) is 5.42. The highest BCUT2D eigenvalue weighted by molar-refractivity contribution is 7.13. The fourth-order valence-electron chi connectivity index (χ4n) is 1.64. The lowest BCUT2D eigenvalue weighted by Crippen LogP contribution is -1.94. The molecule has 2 rings (SSSR count). The first kappa shape index (κ1) is 14.8. The Balaban J connectivity index is 2.19. The molecule has 6 heteroatoms. The van der Waals surface area contributed by atoms with Gasteiger partial charge < -0.3 is 5.11 Å². The highest BCUT2D eigenvalue weighted by atomic mass is 35.5. The van der Waals surface area contributed by atoms with Crippen LogP contribution in [0.5, 0.6) is 5.75 Å². The second kappa shape index (κ2) is 6.24. The maximum Gasteiger partial charge on any atom is 0.203 e. The van der Waals surface area contributed by atoms with Gasteiger partial charge in [0.25, 0.3) is 0 Å². The van der Waals surface area contributed by atoms with E-state index in [0.29, 0.717) is 21.6 Å². The van der Waals surface area contributed by atoms with E-state index >= 15 is 0 Å². The lowest BCUT2D eigenvalue weighted by atomic mass is 10.0. The minimum atomic E-state index is 0.0388. The number of rotatable bonds is 4. The first-order valence-corrected chi connectivity index (χ1v) is 7.46. The van der Waals surface area contributed by atoms with Crippen molar-refractivity contribution < 1.29 is 5.11 Å². The predicted octanol–water partition coefficient (Wildman–Crippen LogP) is 4.38. The molecule has 0 aliphatic carbocycles. The summed E-state index contributed by atoms with van der Waals surface area (Å²) in [4.78, 5) is 4.23. The maximum atomic E-state index is 9.94. The second-order valence-electron chi connectivity index (χ2n) is 4.76. The van der Waals surface area contributed by atoms with E-state index in [0.717, 1.165) is 11.3 Å². The van der Waals surface area contributed by atoms with Crippen molar-refractivity contribution in [2.75, 3.05) is 5.43 Å². The third kappa shape index (κ3) is 3.49. The molecule has 0 aliphatic rings. The summed E-state index contributed by atoms with van der Waals surface area (Å²) in [6, 6.07) is 3.65. The van der Waals surface area contributed by atoms with Gasteiger partial charge in [-0.1, -0.05) is 25.4 Å². The van der Waals surface area contributed by atoms with Gasteiger partial charge in [-0.2, -0.15) is 5.10 Å². The second-order valence-corrected chi connectivity index (χ2v) is 6.02. The number of aryl methyl sites for hydroxylation is 1. The highest BCUT2D eigenvalue weighted by Gasteiger charge is 2.09. The van der Waals surface area contributed by atoms with Gasteiger partial charge in [0, 0.05) is 10.9 Å². The van der Waals surface area contributed by atoms with E-state index in [2.05, 4.69) is 29.4 Å². The van der Waals surface area contributed by atoms with E-state index in [1.54, 1.807) is 12.3 Å². The minimum Gasteiger partial charge on any atom is -0.506 e. The number of benzene rings is 1. The van der Waals surface area contributed by atoms with Crippen LogP contribution in [0.15, 0.2) is 22.6 Å². The van der Waals surface area contributed by atoms with Crippen molar-refractivity contribution in [2.45, 2.75) is 26.7 Å². The summed E-state index contributed by atoms with van der Waals surface area (Å²) in [6.07, 6.45) is 1.55. The zero-order valence-corrected chi connectivity index (χ0v) is 13.1. The Bertz CT molecular complexity index is 637. The fourth-order valence-corrected chi connectivity index (χ4v) is 2.51. The molecule has 2 N–H and O–H groups in total. The number of anilines is 1. The Hall–Kier alpha value is -1.59. The van der Waals surface area contributed by atoms with Gasteiger partial charge in [-0.05, 0) is 30.5 Å². The van der Waals surface area contributed by atoms with Crippen LogP contribution in [0.1, 0.15) is 36.6 Å². The molecule has 2 aromatic rings.